The number of imidazole rings is 1. The Balaban J connectivity index is 1.28. The van der Waals surface area contributed by atoms with E-state index in [1.807, 2.05) is 0 Å². The Hall–Kier alpha value is -4.13. The van der Waals surface area contributed by atoms with Crippen molar-refractivity contribution in [1.29, 1.82) is 0 Å². The monoisotopic (exact) mass is 570 g/mol. The Morgan fingerprint density at radius 1 is 1.07 bits per heavy atom. The smallest absolute Gasteiger partial charge is 0.434 e. The van der Waals surface area contributed by atoms with Gasteiger partial charge in [0.1, 0.15) is 30.1 Å². The van der Waals surface area contributed by atoms with Gasteiger partial charge in [-0.1, -0.05) is 6.07 Å². The van der Waals surface area contributed by atoms with Gasteiger partial charge in [-0.25, -0.2) is 24.3 Å². The number of alkyl halides is 3. The van der Waals surface area contributed by atoms with Crippen molar-refractivity contribution in [3.8, 4) is 34.5 Å². The normalized spacial score (nSPS) is 16.1. The van der Waals surface area contributed by atoms with Crippen LogP contribution in [-0.2, 0) is 12.8 Å². The van der Waals surface area contributed by atoms with Crippen molar-refractivity contribution in [3.05, 3.63) is 65.3 Å². The van der Waals surface area contributed by atoms with Crippen molar-refractivity contribution in [2.24, 2.45) is 0 Å². The number of hydrogen-bond donors (Lipinski definition) is 1. The highest BCUT2D eigenvalue weighted by molar-refractivity contribution is 5.66. The van der Waals surface area contributed by atoms with Crippen LogP contribution in [0.4, 0.5) is 17.6 Å². The van der Waals surface area contributed by atoms with Gasteiger partial charge in [-0.2, -0.15) is 18.2 Å². The van der Waals surface area contributed by atoms with Gasteiger partial charge < -0.3 is 19.1 Å². The van der Waals surface area contributed by atoms with Gasteiger partial charge in [0, 0.05) is 24.2 Å². The fourth-order valence-corrected chi connectivity index (χ4v) is 4.60. The number of aliphatic hydroxyl groups is 1. The van der Waals surface area contributed by atoms with Crippen LogP contribution in [0.5, 0.6) is 11.8 Å². The maximum absolute atomic E-state index is 15.2. The Bertz CT molecular complexity index is 1600. The first-order chi connectivity index (χ1) is 19.6. The predicted molar refractivity (Wildman–Crippen MR) is 137 cm³/mol. The van der Waals surface area contributed by atoms with Crippen molar-refractivity contribution in [2.75, 3.05) is 7.11 Å². The van der Waals surface area contributed by atoms with Crippen LogP contribution < -0.4 is 9.47 Å². The van der Waals surface area contributed by atoms with E-state index in [2.05, 4.69) is 24.9 Å². The molecule has 0 amide bonds. The van der Waals surface area contributed by atoms with Crippen LogP contribution in [-0.4, -0.2) is 41.7 Å². The minimum absolute atomic E-state index is 0.0272. The molecule has 2 saturated carbocycles. The highest BCUT2D eigenvalue weighted by Crippen LogP contribution is 2.45. The second-order valence-corrected chi connectivity index (χ2v) is 10.2. The first kappa shape index (κ1) is 27.1. The summed E-state index contributed by atoms with van der Waals surface area (Å²) in [6.07, 6.45) is 0.157. The highest BCUT2D eigenvalue weighted by Gasteiger charge is 2.38. The van der Waals surface area contributed by atoms with E-state index in [1.165, 1.54) is 36.2 Å². The van der Waals surface area contributed by atoms with Crippen LogP contribution in [0.25, 0.3) is 22.8 Å². The molecule has 0 radical (unpaired) electrons. The van der Waals surface area contributed by atoms with E-state index in [0.717, 1.165) is 24.7 Å². The third-order valence-corrected chi connectivity index (χ3v) is 7.00. The lowest BCUT2D eigenvalue weighted by Gasteiger charge is -2.14. The third kappa shape index (κ3) is 5.58. The summed E-state index contributed by atoms with van der Waals surface area (Å²) in [6, 6.07) is 5.52. The Morgan fingerprint density at radius 2 is 1.85 bits per heavy atom. The molecule has 0 spiro atoms. The summed E-state index contributed by atoms with van der Waals surface area (Å²) in [4.78, 5) is 21.3. The predicted octanol–water partition coefficient (Wildman–Crippen LogP) is 5.81. The summed E-state index contributed by atoms with van der Waals surface area (Å²) in [6.45, 7) is 1.45. The molecule has 1 atom stereocenters. The van der Waals surface area contributed by atoms with Gasteiger partial charge in [-0.3, -0.25) is 0 Å². The molecule has 2 aliphatic rings. The number of hydrogen-bond acceptors (Lipinski definition) is 8. The van der Waals surface area contributed by atoms with Gasteiger partial charge in [-0.05, 0) is 50.3 Å². The molecule has 0 unspecified atom stereocenters. The molecule has 3 aromatic heterocycles. The number of ether oxygens (including phenoxy) is 2. The molecule has 6 rings (SSSR count). The molecule has 3 heterocycles. The molecule has 9 nitrogen and oxygen atoms in total. The zero-order chi connectivity index (χ0) is 28.9. The van der Waals surface area contributed by atoms with Crippen molar-refractivity contribution in [3.63, 3.8) is 0 Å². The lowest BCUT2D eigenvalue weighted by molar-refractivity contribution is -0.140. The lowest BCUT2D eigenvalue weighted by Crippen LogP contribution is -2.07. The minimum Gasteiger partial charge on any atom is -0.480 e. The maximum atomic E-state index is 15.2. The number of aliphatic hydroxyl groups excluding tert-OH is 1. The van der Waals surface area contributed by atoms with Crippen LogP contribution in [0.1, 0.15) is 73.3 Å². The van der Waals surface area contributed by atoms with Crippen LogP contribution in [0, 0.1) is 5.82 Å². The number of benzene rings is 1. The van der Waals surface area contributed by atoms with Crippen molar-refractivity contribution in [2.45, 2.75) is 63.5 Å². The van der Waals surface area contributed by atoms with E-state index < -0.39 is 23.8 Å². The first-order valence-corrected chi connectivity index (χ1v) is 13.2. The zero-order valence-corrected chi connectivity index (χ0v) is 22.2. The average molecular weight is 571 g/mol. The van der Waals surface area contributed by atoms with E-state index in [0.29, 0.717) is 35.5 Å². The molecule has 0 saturated heterocycles. The molecule has 1 N–H and O–H groups in total. The largest absolute Gasteiger partial charge is 0.480 e. The molecule has 2 fully saturated rings. The molecule has 41 heavy (non-hydrogen) atoms. The van der Waals surface area contributed by atoms with Crippen molar-refractivity contribution < 1.29 is 32.1 Å². The third-order valence-electron chi connectivity index (χ3n) is 7.00. The second-order valence-electron chi connectivity index (χ2n) is 10.2. The molecular formula is C28H26F4N6O3. The molecule has 0 bridgehead atoms. The van der Waals surface area contributed by atoms with Crippen LogP contribution >= 0.6 is 0 Å². The molecule has 2 aliphatic carbocycles. The number of methoxy groups -OCH3 is 1. The van der Waals surface area contributed by atoms with Crippen LogP contribution in [0.15, 0.2) is 36.8 Å². The Kier molecular flexibility index (Phi) is 6.84. The summed E-state index contributed by atoms with van der Waals surface area (Å²) >= 11 is 0. The number of rotatable bonds is 9. The van der Waals surface area contributed by atoms with E-state index in [9.17, 15) is 18.3 Å². The highest BCUT2D eigenvalue weighted by atomic mass is 19.4. The molecule has 1 aromatic carbocycles. The number of nitrogens with zero attached hydrogens (tertiary/aromatic N) is 6. The van der Waals surface area contributed by atoms with E-state index in [4.69, 9.17) is 9.47 Å². The molecule has 214 valence electrons. The number of aromatic nitrogens is 6. The standard InChI is InChI=1S/C28H26F4N6O3/c1-14(39)20-10-22(37-25(35-20)23-24(16-4-5-16)33-13-34-27(23)40-2)41-12-15-3-8-18(19(29)9-15)26-36-21(28(30,31)32)11-38(26)17-6-7-17/h3,8-11,13-14,16-17,39H,4-7,12H2,1-2H3/t14-/m0/s1. The van der Waals surface area contributed by atoms with Gasteiger partial charge in [0.05, 0.1) is 30.2 Å². The zero-order valence-electron chi connectivity index (χ0n) is 22.2. The fraction of sp³-hybridized carbons (Fsp3) is 0.393. The minimum atomic E-state index is -4.63. The maximum Gasteiger partial charge on any atom is 0.434 e. The molecule has 13 heteroatoms. The average Bonchev–Trinajstić information content (AvgIpc) is 3.89. The lowest BCUT2D eigenvalue weighted by atomic mass is 10.1. The topological polar surface area (TPSA) is 108 Å². The van der Waals surface area contributed by atoms with Crippen LogP contribution in [0.3, 0.4) is 0 Å². The second kappa shape index (κ2) is 10.4. The first-order valence-electron chi connectivity index (χ1n) is 13.2. The van der Waals surface area contributed by atoms with Gasteiger partial charge in [-0.15, -0.1) is 0 Å². The van der Waals surface area contributed by atoms with E-state index in [-0.39, 0.29) is 41.7 Å². The van der Waals surface area contributed by atoms with Gasteiger partial charge in [0.15, 0.2) is 11.5 Å². The molecule has 0 aliphatic heterocycles. The Morgan fingerprint density at radius 3 is 2.49 bits per heavy atom. The summed E-state index contributed by atoms with van der Waals surface area (Å²) in [7, 11) is 1.48. The summed E-state index contributed by atoms with van der Waals surface area (Å²) in [5, 5.41) is 10.3. The Labute approximate surface area is 232 Å². The quantitative estimate of drug-likeness (QED) is 0.251. The van der Waals surface area contributed by atoms with Crippen molar-refractivity contribution >= 4 is 0 Å². The number of halogens is 4. The van der Waals surface area contributed by atoms with Crippen molar-refractivity contribution in [1.82, 2.24) is 29.5 Å². The summed E-state index contributed by atoms with van der Waals surface area (Å²) < 4.78 is 67.9. The summed E-state index contributed by atoms with van der Waals surface area (Å²) in [5.74, 6) is 0.104. The van der Waals surface area contributed by atoms with Gasteiger partial charge in [0.25, 0.3) is 0 Å². The molecular weight excluding hydrogens is 544 g/mol. The summed E-state index contributed by atoms with van der Waals surface area (Å²) in [5.41, 5.74) is 0.910. The fourth-order valence-electron chi connectivity index (χ4n) is 4.60. The van der Waals surface area contributed by atoms with E-state index >= 15 is 4.39 Å². The van der Waals surface area contributed by atoms with Gasteiger partial charge >= 0.3 is 6.18 Å². The van der Waals surface area contributed by atoms with Crippen LogP contribution in [0.2, 0.25) is 0 Å². The SMILES string of the molecule is COc1ncnc(C2CC2)c1-c1nc(OCc2ccc(-c3nc(C(F)(F)F)cn3C3CC3)c(F)c2)cc([C@H](C)O)n1. The molecule has 4 aromatic rings. The van der Waals surface area contributed by atoms with E-state index in [1.54, 1.807) is 13.0 Å². The van der Waals surface area contributed by atoms with Gasteiger partial charge in [0.2, 0.25) is 11.8 Å².